The summed E-state index contributed by atoms with van der Waals surface area (Å²) in [5, 5.41) is 5.06. The number of benzene rings is 1. The predicted octanol–water partition coefficient (Wildman–Crippen LogP) is 4.07. The summed E-state index contributed by atoms with van der Waals surface area (Å²) in [5.41, 5.74) is 5.66. The van der Waals surface area contributed by atoms with Gasteiger partial charge in [-0.15, -0.1) is 11.3 Å². The highest BCUT2D eigenvalue weighted by Gasteiger charge is 2.11. The van der Waals surface area contributed by atoms with Crippen LogP contribution in [0.5, 0.6) is 0 Å². The molecular formula is C18H17N3OS. The fourth-order valence-corrected chi connectivity index (χ4v) is 3.19. The Morgan fingerprint density at radius 2 is 1.96 bits per heavy atom. The third-order valence-corrected chi connectivity index (χ3v) is 4.62. The van der Waals surface area contributed by atoms with E-state index in [1.807, 2.05) is 57.2 Å². The SMILES string of the molecule is C/C(=N/NC(=O)c1cc(C)nc2ccccc12)c1ccc(C)s1. The van der Waals surface area contributed by atoms with Gasteiger partial charge in [-0.05, 0) is 45.0 Å². The van der Waals surface area contributed by atoms with Gasteiger partial charge in [0.25, 0.3) is 5.91 Å². The Kier molecular flexibility index (Phi) is 4.21. The van der Waals surface area contributed by atoms with Crippen molar-refractivity contribution in [3.8, 4) is 0 Å². The predicted molar refractivity (Wildman–Crippen MR) is 95.2 cm³/mol. The molecule has 0 fully saturated rings. The Labute approximate surface area is 138 Å². The summed E-state index contributed by atoms with van der Waals surface area (Å²) < 4.78 is 0. The molecule has 3 aromatic rings. The van der Waals surface area contributed by atoms with E-state index < -0.39 is 0 Å². The number of pyridine rings is 1. The topological polar surface area (TPSA) is 54.4 Å². The number of hydrogen-bond acceptors (Lipinski definition) is 4. The number of aromatic nitrogens is 1. The van der Waals surface area contributed by atoms with E-state index in [0.29, 0.717) is 5.56 Å². The Morgan fingerprint density at radius 1 is 1.17 bits per heavy atom. The van der Waals surface area contributed by atoms with Gasteiger partial charge < -0.3 is 0 Å². The van der Waals surface area contributed by atoms with E-state index in [1.165, 1.54) is 4.88 Å². The van der Waals surface area contributed by atoms with Gasteiger partial charge in [-0.1, -0.05) is 18.2 Å². The smallest absolute Gasteiger partial charge is 0.267 e. The second-order valence-corrected chi connectivity index (χ2v) is 6.66. The van der Waals surface area contributed by atoms with Crippen molar-refractivity contribution in [1.29, 1.82) is 0 Å². The van der Waals surface area contributed by atoms with Crippen LogP contribution in [0, 0.1) is 13.8 Å². The van der Waals surface area contributed by atoms with Crippen LogP contribution in [0.15, 0.2) is 47.6 Å². The minimum atomic E-state index is -0.223. The summed E-state index contributed by atoms with van der Waals surface area (Å²) in [5.74, 6) is -0.223. The monoisotopic (exact) mass is 323 g/mol. The molecule has 0 aliphatic rings. The van der Waals surface area contributed by atoms with Crippen LogP contribution in [0.3, 0.4) is 0 Å². The first-order valence-electron chi connectivity index (χ1n) is 7.32. The summed E-state index contributed by atoms with van der Waals surface area (Å²) in [4.78, 5) is 19.2. The van der Waals surface area contributed by atoms with E-state index >= 15 is 0 Å². The molecule has 23 heavy (non-hydrogen) atoms. The fraction of sp³-hybridized carbons (Fsp3) is 0.167. The number of thiophene rings is 1. The second-order valence-electron chi connectivity index (χ2n) is 5.38. The first-order valence-corrected chi connectivity index (χ1v) is 8.14. The number of carbonyl (C=O) groups is 1. The molecule has 0 atom stereocenters. The van der Waals surface area contributed by atoms with Gasteiger partial charge in [-0.25, -0.2) is 5.43 Å². The third kappa shape index (κ3) is 3.29. The van der Waals surface area contributed by atoms with Crippen LogP contribution in [0.2, 0.25) is 0 Å². The molecule has 5 heteroatoms. The maximum Gasteiger partial charge on any atom is 0.272 e. The average molecular weight is 323 g/mol. The summed E-state index contributed by atoms with van der Waals surface area (Å²) in [6.07, 6.45) is 0. The number of nitrogens with zero attached hydrogens (tertiary/aromatic N) is 2. The molecule has 4 nitrogen and oxygen atoms in total. The number of hydrogen-bond donors (Lipinski definition) is 1. The van der Waals surface area contributed by atoms with Crippen molar-refractivity contribution in [1.82, 2.24) is 10.4 Å². The second kappa shape index (κ2) is 6.30. The van der Waals surface area contributed by atoms with Crippen LogP contribution in [-0.4, -0.2) is 16.6 Å². The lowest BCUT2D eigenvalue weighted by atomic mass is 10.1. The number of fused-ring (bicyclic) bond motifs is 1. The van der Waals surface area contributed by atoms with E-state index in [0.717, 1.165) is 27.2 Å². The lowest BCUT2D eigenvalue weighted by molar-refractivity contribution is 0.0956. The summed E-state index contributed by atoms with van der Waals surface area (Å²) in [6.45, 7) is 5.82. The molecule has 116 valence electrons. The highest BCUT2D eigenvalue weighted by molar-refractivity contribution is 7.14. The van der Waals surface area contributed by atoms with Crippen molar-refractivity contribution in [2.45, 2.75) is 20.8 Å². The lowest BCUT2D eigenvalue weighted by Crippen LogP contribution is -2.19. The Hall–Kier alpha value is -2.53. The summed E-state index contributed by atoms with van der Waals surface area (Å²) >= 11 is 1.66. The minimum absolute atomic E-state index is 0.223. The standard InChI is InChI=1S/C18H17N3OS/c1-11-10-15(14-6-4-5-7-16(14)19-11)18(22)21-20-13(3)17-9-8-12(2)23-17/h4-10H,1-3H3,(H,21,22)/b20-13-. The minimum Gasteiger partial charge on any atom is -0.267 e. The maximum absolute atomic E-state index is 12.5. The highest BCUT2D eigenvalue weighted by atomic mass is 32.1. The molecule has 2 heterocycles. The van der Waals surface area contributed by atoms with Crippen molar-refractivity contribution < 1.29 is 4.79 Å². The zero-order valence-electron chi connectivity index (χ0n) is 13.3. The van der Waals surface area contributed by atoms with E-state index in [2.05, 4.69) is 15.5 Å². The Bertz CT molecular complexity index is 912. The number of nitrogens with one attached hydrogen (secondary N) is 1. The average Bonchev–Trinajstić information content (AvgIpc) is 2.98. The van der Waals surface area contributed by atoms with Gasteiger partial charge in [0.15, 0.2) is 0 Å². The summed E-state index contributed by atoms with van der Waals surface area (Å²) in [7, 11) is 0. The van der Waals surface area contributed by atoms with Gasteiger partial charge in [0, 0.05) is 16.0 Å². The van der Waals surface area contributed by atoms with Gasteiger partial charge in [0.05, 0.1) is 21.7 Å². The van der Waals surface area contributed by atoms with Crippen LogP contribution in [0.1, 0.15) is 32.7 Å². The first kappa shape index (κ1) is 15.4. The molecule has 3 rings (SSSR count). The molecule has 1 aromatic carbocycles. The molecule has 0 saturated heterocycles. The Morgan fingerprint density at radius 3 is 2.70 bits per heavy atom. The molecule has 0 bridgehead atoms. The van der Waals surface area contributed by atoms with Gasteiger partial charge in [-0.3, -0.25) is 9.78 Å². The number of aryl methyl sites for hydroxylation is 2. The van der Waals surface area contributed by atoms with Crippen molar-refractivity contribution in [2.24, 2.45) is 5.10 Å². The number of carbonyl (C=O) groups excluding carboxylic acids is 1. The highest BCUT2D eigenvalue weighted by Crippen LogP contribution is 2.18. The molecule has 0 radical (unpaired) electrons. The molecule has 1 amide bonds. The quantitative estimate of drug-likeness (QED) is 0.583. The van der Waals surface area contributed by atoms with Crippen LogP contribution >= 0.6 is 11.3 Å². The van der Waals surface area contributed by atoms with Crippen molar-refractivity contribution in [3.05, 3.63) is 63.5 Å². The van der Waals surface area contributed by atoms with Gasteiger partial charge in [0.2, 0.25) is 0 Å². The summed E-state index contributed by atoms with van der Waals surface area (Å²) in [6, 6.07) is 13.5. The van der Waals surface area contributed by atoms with Gasteiger partial charge in [0.1, 0.15) is 0 Å². The fourth-order valence-electron chi connectivity index (χ4n) is 2.37. The van der Waals surface area contributed by atoms with Crippen molar-refractivity contribution in [2.75, 3.05) is 0 Å². The molecule has 0 aliphatic heterocycles. The van der Waals surface area contributed by atoms with Gasteiger partial charge in [-0.2, -0.15) is 5.10 Å². The number of para-hydroxylation sites is 1. The molecule has 0 saturated carbocycles. The number of hydrazone groups is 1. The van der Waals surface area contributed by atoms with Crippen molar-refractivity contribution in [3.63, 3.8) is 0 Å². The van der Waals surface area contributed by atoms with E-state index in [-0.39, 0.29) is 5.91 Å². The van der Waals surface area contributed by atoms with Crippen LogP contribution < -0.4 is 5.43 Å². The molecule has 0 spiro atoms. The van der Waals surface area contributed by atoms with Crippen molar-refractivity contribution >= 4 is 33.9 Å². The van der Waals surface area contributed by atoms with Crippen LogP contribution in [0.4, 0.5) is 0 Å². The molecular weight excluding hydrogens is 306 g/mol. The zero-order chi connectivity index (χ0) is 16.4. The number of amides is 1. The molecule has 0 aliphatic carbocycles. The molecule has 1 N–H and O–H groups in total. The normalized spacial score (nSPS) is 11.7. The van der Waals surface area contributed by atoms with E-state index in [9.17, 15) is 4.79 Å². The van der Waals surface area contributed by atoms with Gasteiger partial charge >= 0.3 is 0 Å². The van der Waals surface area contributed by atoms with E-state index in [1.54, 1.807) is 17.4 Å². The zero-order valence-corrected chi connectivity index (χ0v) is 14.1. The largest absolute Gasteiger partial charge is 0.272 e. The van der Waals surface area contributed by atoms with Crippen LogP contribution in [0.25, 0.3) is 10.9 Å². The third-order valence-electron chi connectivity index (χ3n) is 3.51. The lowest BCUT2D eigenvalue weighted by Gasteiger charge is -2.07. The maximum atomic E-state index is 12.5. The van der Waals surface area contributed by atoms with E-state index in [4.69, 9.17) is 0 Å². The van der Waals surface area contributed by atoms with Crippen LogP contribution in [-0.2, 0) is 0 Å². The Balaban J connectivity index is 1.89. The molecule has 0 unspecified atom stereocenters. The molecule has 2 aromatic heterocycles. The first-order chi connectivity index (χ1) is 11.0. The number of rotatable bonds is 3.